The smallest absolute Gasteiger partial charge is 0.243 e. The lowest BCUT2D eigenvalue weighted by molar-refractivity contribution is -0.0311. The van der Waals surface area contributed by atoms with Crippen molar-refractivity contribution < 1.29 is 17.6 Å². The van der Waals surface area contributed by atoms with Gasteiger partial charge in [-0.2, -0.15) is 5.10 Å². The number of aryl methyl sites for hydroxylation is 1. The van der Waals surface area contributed by atoms with Gasteiger partial charge in [0.2, 0.25) is 10.0 Å². The van der Waals surface area contributed by atoms with Crippen molar-refractivity contribution >= 4 is 10.0 Å². The quantitative estimate of drug-likeness (QED) is 0.869. The summed E-state index contributed by atoms with van der Waals surface area (Å²) in [6, 6.07) is 3.38. The van der Waals surface area contributed by atoms with E-state index in [1.165, 1.54) is 18.6 Å². The molecular weight excluding hydrogens is 318 g/mol. The third-order valence-electron chi connectivity index (χ3n) is 4.13. The van der Waals surface area contributed by atoms with Crippen molar-refractivity contribution in [1.29, 1.82) is 0 Å². The zero-order valence-electron chi connectivity index (χ0n) is 13.0. The Morgan fingerprint density at radius 2 is 2.30 bits per heavy atom. The number of aromatic nitrogens is 2. The van der Waals surface area contributed by atoms with Crippen molar-refractivity contribution in [3.05, 3.63) is 36.5 Å². The maximum absolute atomic E-state index is 12.2. The highest BCUT2D eigenvalue weighted by atomic mass is 32.2. The number of rotatable bonds is 6. The minimum atomic E-state index is -3.55. The van der Waals surface area contributed by atoms with Crippen molar-refractivity contribution in [2.24, 2.45) is 5.92 Å². The minimum Gasteiger partial charge on any atom is -0.471 e. The second-order valence-corrected chi connectivity index (χ2v) is 7.34. The summed E-state index contributed by atoms with van der Waals surface area (Å²) in [5, 5.41) is 4.28. The Bertz CT molecular complexity index is 724. The van der Waals surface area contributed by atoms with Crippen LogP contribution in [0.2, 0.25) is 0 Å². The fourth-order valence-electron chi connectivity index (χ4n) is 2.93. The van der Waals surface area contributed by atoms with E-state index in [1.54, 1.807) is 6.20 Å². The largest absolute Gasteiger partial charge is 0.471 e. The second kappa shape index (κ2) is 6.86. The van der Waals surface area contributed by atoms with Crippen LogP contribution >= 0.6 is 0 Å². The van der Waals surface area contributed by atoms with Crippen molar-refractivity contribution in [2.75, 3.05) is 13.2 Å². The molecule has 0 bridgehead atoms. The summed E-state index contributed by atoms with van der Waals surface area (Å²) in [7, 11) is -3.55. The molecule has 0 saturated carbocycles. The maximum Gasteiger partial charge on any atom is 0.243 e. The first kappa shape index (κ1) is 16.2. The molecule has 3 rings (SSSR count). The first-order valence-corrected chi connectivity index (χ1v) is 9.25. The van der Waals surface area contributed by atoms with E-state index in [1.807, 2.05) is 17.7 Å². The van der Waals surface area contributed by atoms with E-state index in [0.717, 1.165) is 25.1 Å². The zero-order chi connectivity index (χ0) is 16.3. The molecular formula is C15H21N3O4S. The molecule has 0 amide bonds. The molecule has 0 aliphatic carbocycles. The van der Waals surface area contributed by atoms with E-state index < -0.39 is 10.0 Å². The highest BCUT2D eigenvalue weighted by molar-refractivity contribution is 7.89. The van der Waals surface area contributed by atoms with Gasteiger partial charge < -0.3 is 9.15 Å². The van der Waals surface area contributed by atoms with E-state index in [9.17, 15) is 8.42 Å². The molecule has 7 nitrogen and oxygen atoms in total. The number of hydrogen-bond donors (Lipinski definition) is 1. The molecule has 2 atom stereocenters. The number of hydrogen-bond acceptors (Lipinski definition) is 5. The fourth-order valence-corrected chi connectivity index (χ4v) is 3.95. The summed E-state index contributed by atoms with van der Waals surface area (Å²) in [6.07, 6.45) is 6.02. The van der Waals surface area contributed by atoms with Crippen LogP contribution < -0.4 is 4.72 Å². The van der Waals surface area contributed by atoms with E-state index in [2.05, 4.69) is 9.82 Å². The van der Waals surface area contributed by atoms with Gasteiger partial charge in [-0.1, -0.05) is 0 Å². The molecule has 1 fully saturated rings. The standard InChI is InChI=1S/C15H21N3O4S/c1-2-18-14(5-7-16-18)15-12(4-3-8-22-15)10-17-23(19,20)13-6-9-21-11-13/h5-7,9,11-12,15,17H,2-4,8,10H2,1H3/t12-,15+/m0/s1. The van der Waals surface area contributed by atoms with E-state index in [4.69, 9.17) is 9.15 Å². The van der Waals surface area contributed by atoms with Crippen LogP contribution in [-0.2, 0) is 21.3 Å². The van der Waals surface area contributed by atoms with Crippen LogP contribution in [0, 0.1) is 5.92 Å². The van der Waals surface area contributed by atoms with Crippen molar-refractivity contribution in [1.82, 2.24) is 14.5 Å². The Kier molecular flexibility index (Phi) is 4.84. The van der Waals surface area contributed by atoms with E-state index in [0.29, 0.717) is 13.2 Å². The van der Waals surface area contributed by atoms with Crippen LogP contribution in [-0.4, -0.2) is 31.3 Å². The van der Waals surface area contributed by atoms with Crippen LogP contribution in [0.4, 0.5) is 0 Å². The van der Waals surface area contributed by atoms with Crippen LogP contribution in [0.5, 0.6) is 0 Å². The minimum absolute atomic E-state index is 0.0763. The third-order valence-corrected chi connectivity index (χ3v) is 5.53. The number of sulfonamides is 1. The van der Waals surface area contributed by atoms with E-state index in [-0.39, 0.29) is 16.9 Å². The molecule has 2 aromatic rings. The van der Waals surface area contributed by atoms with Crippen LogP contribution in [0.1, 0.15) is 31.6 Å². The van der Waals surface area contributed by atoms with Crippen LogP contribution in [0.3, 0.4) is 0 Å². The Labute approximate surface area is 135 Å². The summed E-state index contributed by atoms with van der Waals surface area (Å²) >= 11 is 0. The zero-order valence-corrected chi connectivity index (χ0v) is 13.8. The maximum atomic E-state index is 12.2. The highest BCUT2D eigenvalue weighted by Gasteiger charge is 2.31. The van der Waals surface area contributed by atoms with Crippen molar-refractivity contribution in [2.45, 2.75) is 37.3 Å². The van der Waals surface area contributed by atoms with Gasteiger partial charge in [0.25, 0.3) is 0 Å². The Balaban J connectivity index is 1.72. The molecule has 0 radical (unpaired) electrons. The summed E-state index contributed by atoms with van der Waals surface area (Å²) in [5.41, 5.74) is 1.000. The normalized spacial score (nSPS) is 22.3. The van der Waals surface area contributed by atoms with Gasteiger partial charge in [-0.05, 0) is 31.9 Å². The number of nitrogens with zero attached hydrogens (tertiary/aromatic N) is 2. The summed E-state index contributed by atoms with van der Waals surface area (Å²) in [4.78, 5) is 0.143. The van der Waals surface area contributed by atoms with Gasteiger partial charge in [0.05, 0.1) is 12.0 Å². The SMILES string of the molecule is CCn1nccc1[C@@H]1OCCC[C@H]1CNS(=O)(=O)c1ccoc1. The average Bonchev–Trinajstić information content (AvgIpc) is 3.24. The molecule has 0 aromatic carbocycles. The third kappa shape index (κ3) is 3.49. The van der Waals surface area contributed by atoms with Crippen LogP contribution in [0.15, 0.2) is 40.2 Å². The molecule has 1 aliphatic heterocycles. The first-order valence-electron chi connectivity index (χ1n) is 7.77. The van der Waals surface area contributed by atoms with Gasteiger partial charge in [0.15, 0.2) is 0 Å². The summed E-state index contributed by atoms with van der Waals surface area (Å²) < 4.78 is 39.8. The van der Waals surface area contributed by atoms with Crippen molar-refractivity contribution in [3.63, 3.8) is 0 Å². The number of furan rings is 1. The number of nitrogens with one attached hydrogen (secondary N) is 1. The summed E-state index contributed by atoms with van der Waals surface area (Å²) in [6.45, 7) is 3.79. The molecule has 0 spiro atoms. The molecule has 23 heavy (non-hydrogen) atoms. The molecule has 1 saturated heterocycles. The van der Waals surface area contributed by atoms with Gasteiger partial charge in [0.1, 0.15) is 17.3 Å². The topological polar surface area (TPSA) is 86.4 Å². The molecule has 0 unspecified atom stereocenters. The molecule has 8 heteroatoms. The monoisotopic (exact) mass is 339 g/mol. The predicted molar refractivity (Wildman–Crippen MR) is 83.2 cm³/mol. The van der Waals surface area contributed by atoms with E-state index >= 15 is 0 Å². The highest BCUT2D eigenvalue weighted by Crippen LogP contribution is 2.33. The van der Waals surface area contributed by atoms with Crippen molar-refractivity contribution in [3.8, 4) is 0 Å². The molecule has 126 valence electrons. The van der Waals surface area contributed by atoms with Crippen LogP contribution in [0.25, 0.3) is 0 Å². The molecule has 1 aliphatic rings. The molecule has 1 N–H and O–H groups in total. The lowest BCUT2D eigenvalue weighted by atomic mass is 9.92. The van der Waals surface area contributed by atoms with Gasteiger partial charge in [-0.25, -0.2) is 13.1 Å². The summed E-state index contributed by atoms with van der Waals surface area (Å²) in [5.74, 6) is 0.0763. The average molecular weight is 339 g/mol. The number of ether oxygens (including phenoxy) is 1. The van der Waals surface area contributed by atoms with Gasteiger partial charge in [0, 0.05) is 31.8 Å². The predicted octanol–water partition coefficient (Wildman–Crippen LogP) is 1.94. The van der Waals surface area contributed by atoms with Gasteiger partial charge in [-0.3, -0.25) is 4.68 Å². The molecule has 2 aromatic heterocycles. The first-order chi connectivity index (χ1) is 11.1. The molecule has 3 heterocycles. The lowest BCUT2D eigenvalue weighted by Crippen LogP contribution is -2.35. The fraction of sp³-hybridized carbons (Fsp3) is 0.533. The lowest BCUT2D eigenvalue weighted by Gasteiger charge is -2.32. The Morgan fingerprint density at radius 1 is 1.43 bits per heavy atom. The second-order valence-electron chi connectivity index (χ2n) is 5.58. The van der Waals surface area contributed by atoms with Gasteiger partial charge in [-0.15, -0.1) is 0 Å². The van der Waals surface area contributed by atoms with Gasteiger partial charge >= 0.3 is 0 Å². The Hall–Kier alpha value is -1.64. The Morgan fingerprint density at radius 3 is 3.04 bits per heavy atom.